The molecule has 0 aliphatic carbocycles. The van der Waals surface area contributed by atoms with E-state index in [0.29, 0.717) is 32.2 Å². The van der Waals surface area contributed by atoms with Gasteiger partial charge in [-0.3, -0.25) is 4.90 Å². The predicted molar refractivity (Wildman–Crippen MR) is 80.9 cm³/mol. The zero-order chi connectivity index (χ0) is 15.6. The lowest BCUT2D eigenvalue weighted by molar-refractivity contribution is 0.142. The first-order chi connectivity index (χ1) is 9.86. The largest absolute Gasteiger partial charge is 0.398 e. The molecule has 2 rings (SSSR count). The maximum Gasteiger partial charge on any atom is 0.245 e. The third-order valence-corrected chi connectivity index (χ3v) is 6.05. The van der Waals surface area contributed by atoms with Crippen LogP contribution in [-0.2, 0) is 10.0 Å². The van der Waals surface area contributed by atoms with Crippen molar-refractivity contribution in [1.29, 1.82) is 0 Å². The molecule has 1 saturated heterocycles. The molecular formula is C14H22FN3O2S. The molecular weight excluding hydrogens is 293 g/mol. The predicted octanol–water partition coefficient (Wildman–Crippen LogP) is 1.51. The number of halogens is 1. The summed E-state index contributed by atoms with van der Waals surface area (Å²) < 4.78 is 39.6. The molecule has 1 aliphatic rings. The fourth-order valence-electron chi connectivity index (χ4n) is 2.54. The summed E-state index contributed by atoms with van der Waals surface area (Å²) in [7, 11) is -3.65. The van der Waals surface area contributed by atoms with Crippen LogP contribution in [0.25, 0.3) is 0 Å². The maximum absolute atomic E-state index is 13.1. The van der Waals surface area contributed by atoms with Crippen molar-refractivity contribution >= 4 is 15.7 Å². The van der Waals surface area contributed by atoms with Crippen LogP contribution < -0.4 is 5.73 Å². The summed E-state index contributed by atoms with van der Waals surface area (Å²) in [5.41, 5.74) is 5.61. The van der Waals surface area contributed by atoms with Crippen LogP contribution >= 0.6 is 0 Å². The van der Waals surface area contributed by atoms with Crippen LogP contribution in [0.3, 0.4) is 0 Å². The third-order valence-electron chi connectivity index (χ3n) is 4.08. The second-order valence-electron chi connectivity index (χ2n) is 5.38. The van der Waals surface area contributed by atoms with E-state index >= 15 is 0 Å². The molecule has 1 aromatic rings. The van der Waals surface area contributed by atoms with Gasteiger partial charge in [-0.05, 0) is 31.5 Å². The molecule has 1 fully saturated rings. The Morgan fingerprint density at radius 2 is 1.90 bits per heavy atom. The standard InChI is InChI=1S/C14H22FN3O2S/c1-3-11(2)17-6-8-18(9-7-17)21(19,20)14-5-4-12(15)10-13(14)16/h4-5,10-11H,3,6-9,16H2,1-2H3. The Kier molecular flexibility index (Phi) is 4.85. The molecule has 2 N–H and O–H groups in total. The Morgan fingerprint density at radius 3 is 2.43 bits per heavy atom. The Morgan fingerprint density at radius 1 is 1.29 bits per heavy atom. The van der Waals surface area contributed by atoms with E-state index in [9.17, 15) is 12.8 Å². The lowest BCUT2D eigenvalue weighted by Gasteiger charge is -2.37. The first-order valence-electron chi connectivity index (χ1n) is 7.15. The summed E-state index contributed by atoms with van der Waals surface area (Å²) in [6.07, 6.45) is 1.04. The molecule has 0 bridgehead atoms. The molecule has 1 heterocycles. The number of anilines is 1. The van der Waals surface area contributed by atoms with E-state index < -0.39 is 15.8 Å². The van der Waals surface area contributed by atoms with Crippen molar-refractivity contribution in [2.75, 3.05) is 31.9 Å². The highest BCUT2D eigenvalue weighted by Gasteiger charge is 2.30. The van der Waals surface area contributed by atoms with Crippen molar-refractivity contribution in [2.45, 2.75) is 31.2 Å². The van der Waals surface area contributed by atoms with Gasteiger partial charge in [-0.2, -0.15) is 4.31 Å². The van der Waals surface area contributed by atoms with Crippen molar-refractivity contribution in [3.8, 4) is 0 Å². The summed E-state index contributed by atoms with van der Waals surface area (Å²) in [6.45, 7) is 6.53. The van der Waals surface area contributed by atoms with E-state index in [0.717, 1.165) is 18.6 Å². The van der Waals surface area contributed by atoms with Crippen molar-refractivity contribution < 1.29 is 12.8 Å². The summed E-state index contributed by atoms with van der Waals surface area (Å²) in [4.78, 5) is 2.26. The monoisotopic (exact) mass is 315 g/mol. The van der Waals surface area contributed by atoms with E-state index in [1.165, 1.54) is 10.4 Å². The zero-order valence-electron chi connectivity index (χ0n) is 12.4. The van der Waals surface area contributed by atoms with E-state index in [1.807, 2.05) is 0 Å². The van der Waals surface area contributed by atoms with Crippen LogP contribution in [0, 0.1) is 5.82 Å². The number of nitrogens with two attached hydrogens (primary N) is 1. The first-order valence-corrected chi connectivity index (χ1v) is 8.59. The van der Waals surface area contributed by atoms with Gasteiger partial charge in [0.2, 0.25) is 10.0 Å². The molecule has 0 amide bonds. The highest BCUT2D eigenvalue weighted by atomic mass is 32.2. The Bertz CT molecular complexity index is 598. The Hall–Kier alpha value is -1.18. The second kappa shape index (κ2) is 6.29. The maximum atomic E-state index is 13.1. The molecule has 1 aromatic carbocycles. The highest BCUT2D eigenvalue weighted by molar-refractivity contribution is 7.89. The SMILES string of the molecule is CCC(C)N1CCN(S(=O)(=O)c2ccc(F)cc2N)CC1. The smallest absolute Gasteiger partial charge is 0.245 e. The van der Waals surface area contributed by atoms with Gasteiger partial charge in [0.05, 0.1) is 5.69 Å². The first kappa shape index (κ1) is 16.2. The number of nitrogens with zero attached hydrogens (tertiary/aromatic N) is 2. The van der Waals surface area contributed by atoms with Gasteiger partial charge in [0.1, 0.15) is 10.7 Å². The molecule has 0 aromatic heterocycles. The lowest BCUT2D eigenvalue weighted by atomic mass is 10.2. The fourth-order valence-corrected chi connectivity index (χ4v) is 4.06. The van der Waals surface area contributed by atoms with Crippen LogP contribution in [-0.4, -0.2) is 49.8 Å². The van der Waals surface area contributed by atoms with Gasteiger partial charge in [0.25, 0.3) is 0 Å². The number of rotatable bonds is 4. The number of piperazine rings is 1. The molecule has 1 unspecified atom stereocenters. The van der Waals surface area contributed by atoms with Crippen LogP contribution in [0.4, 0.5) is 10.1 Å². The zero-order valence-corrected chi connectivity index (χ0v) is 13.2. The molecule has 7 heteroatoms. The van der Waals surface area contributed by atoms with Crippen molar-refractivity contribution in [1.82, 2.24) is 9.21 Å². The second-order valence-corrected chi connectivity index (χ2v) is 7.29. The van der Waals surface area contributed by atoms with E-state index in [-0.39, 0.29) is 10.6 Å². The highest BCUT2D eigenvalue weighted by Crippen LogP contribution is 2.24. The quantitative estimate of drug-likeness (QED) is 0.855. The van der Waals surface area contributed by atoms with Crippen LogP contribution in [0.15, 0.2) is 23.1 Å². The molecule has 1 aliphatic heterocycles. The fraction of sp³-hybridized carbons (Fsp3) is 0.571. The van der Waals surface area contributed by atoms with Crippen LogP contribution in [0.1, 0.15) is 20.3 Å². The van der Waals surface area contributed by atoms with Crippen molar-refractivity contribution in [3.05, 3.63) is 24.0 Å². The minimum atomic E-state index is -3.65. The van der Waals surface area contributed by atoms with Gasteiger partial charge in [-0.1, -0.05) is 6.92 Å². The topological polar surface area (TPSA) is 66.6 Å². The van der Waals surface area contributed by atoms with Gasteiger partial charge >= 0.3 is 0 Å². The minimum Gasteiger partial charge on any atom is -0.398 e. The molecule has 0 spiro atoms. The van der Waals surface area contributed by atoms with Crippen molar-refractivity contribution in [3.63, 3.8) is 0 Å². The summed E-state index contributed by atoms with van der Waals surface area (Å²) in [6, 6.07) is 3.85. The molecule has 0 saturated carbocycles. The normalized spacial score (nSPS) is 19.6. The molecule has 21 heavy (non-hydrogen) atoms. The Balaban J connectivity index is 2.15. The molecule has 0 radical (unpaired) electrons. The Labute approximate surface area is 125 Å². The van der Waals surface area contributed by atoms with Gasteiger partial charge in [-0.25, -0.2) is 12.8 Å². The third kappa shape index (κ3) is 3.36. The van der Waals surface area contributed by atoms with Gasteiger partial charge in [0, 0.05) is 32.2 Å². The number of hydrogen-bond donors (Lipinski definition) is 1. The van der Waals surface area contributed by atoms with Gasteiger partial charge in [-0.15, -0.1) is 0 Å². The van der Waals surface area contributed by atoms with Crippen molar-refractivity contribution in [2.24, 2.45) is 0 Å². The van der Waals surface area contributed by atoms with Gasteiger partial charge < -0.3 is 5.73 Å². The minimum absolute atomic E-state index is 0.0131. The van der Waals surface area contributed by atoms with E-state index in [2.05, 4.69) is 18.7 Å². The molecule has 5 nitrogen and oxygen atoms in total. The summed E-state index contributed by atoms with van der Waals surface area (Å²) >= 11 is 0. The lowest BCUT2D eigenvalue weighted by Crippen LogP contribution is -2.51. The summed E-state index contributed by atoms with van der Waals surface area (Å²) in [5, 5.41) is 0. The van der Waals surface area contributed by atoms with E-state index in [1.54, 1.807) is 0 Å². The molecule has 118 valence electrons. The average molecular weight is 315 g/mol. The number of nitrogen functional groups attached to an aromatic ring is 1. The number of benzene rings is 1. The van der Waals surface area contributed by atoms with E-state index in [4.69, 9.17) is 5.73 Å². The summed E-state index contributed by atoms with van der Waals surface area (Å²) in [5.74, 6) is -0.534. The number of hydrogen-bond acceptors (Lipinski definition) is 4. The van der Waals surface area contributed by atoms with Crippen LogP contribution in [0.5, 0.6) is 0 Å². The number of sulfonamides is 1. The van der Waals surface area contributed by atoms with Gasteiger partial charge in [0.15, 0.2) is 0 Å². The molecule has 1 atom stereocenters. The average Bonchev–Trinajstić information content (AvgIpc) is 2.46. The van der Waals surface area contributed by atoms with Crippen LogP contribution in [0.2, 0.25) is 0 Å².